The number of rotatable bonds is 13. The molecule has 3 fully saturated rings. The largest absolute Gasteiger partial charge is 0.494 e. The molecule has 6 atom stereocenters. The molecule has 3 aliphatic heterocycles. The molecule has 3 amide bonds. The number of ether oxygens (including phenoxy) is 2. The monoisotopic (exact) mass is 643 g/mol. The summed E-state index contributed by atoms with van der Waals surface area (Å²) in [5.41, 5.74) is 1.02. The van der Waals surface area contributed by atoms with Gasteiger partial charge in [-0.05, 0) is 81.8 Å². The Morgan fingerprint density at radius 3 is 2.21 bits per heavy atom. The molecule has 5 rings (SSSR count). The van der Waals surface area contributed by atoms with Crippen molar-refractivity contribution in [2.75, 3.05) is 36.1 Å². The summed E-state index contributed by atoms with van der Waals surface area (Å²) in [6.07, 6.45) is 4.28. The van der Waals surface area contributed by atoms with Crippen LogP contribution in [0.1, 0.15) is 51.7 Å². The molecule has 252 valence electrons. The van der Waals surface area contributed by atoms with Crippen LogP contribution in [0.4, 0.5) is 11.4 Å². The Kier molecular flexibility index (Phi) is 9.71. The standard InChI is InChI=1S/C38H49N3O6/c1-9-21-39(27-15-17-28(18-16-27)46-11-3)34(43)30-31-35(44)41(29(23-42)24(4)5)33(38(31)20-19-37(30,8)47-38)36(45)40(22-10-2)32-25(6)13-12-14-26(32)7/h9-10,12-18,24,29-31,33,42H,1-2,11,19-23H2,3-8H3/t29-,30+,31-,33?,37-,38?/m0/s1. The van der Waals surface area contributed by atoms with E-state index in [1.54, 1.807) is 26.9 Å². The lowest BCUT2D eigenvalue weighted by Gasteiger charge is -2.41. The first-order chi connectivity index (χ1) is 22.4. The number of para-hydroxylation sites is 1. The molecule has 1 N–H and O–H groups in total. The second-order valence-electron chi connectivity index (χ2n) is 13.6. The first-order valence-corrected chi connectivity index (χ1v) is 16.7. The zero-order chi connectivity index (χ0) is 34.3. The summed E-state index contributed by atoms with van der Waals surface area (Å²) < 4.78 is 12.6. The van der Waals surface area contributed by atoms with Gasteiger partial charge in [-0.25, -0.2) is 0 Å². The quantitative estimate of drug-likeness (QED) is 0.301. The maximum Gasteiger partial charge on any atom is 0.253 e. The molecule has 0 aromatic heterocycles. The number of aliphatic hydroxyl groups excluding tert-OH is 1. The number of benzene rings is 2. The van der Waals surface area contributed by atoms with Crippen LogP contribution in [0.3, 0.4) is 0 Å². The predicted octanol–water partition coefficient (Wildman–Crippen LogP) is 5.22. The van der Waals surface area contributed by atoms with E-state index >= 15 is 4.79 Å². The van der Waals surface area contributed by atoms with Crippen LogP contribution in [0.15, 0.2) is 67.8 Å². The van der Waals surface area contributed by atoms with Crippen molar-refractivity contribution in [1.82, 2.24) is 4.90 Å². The van der Waals surface area contributed by atoms with Crippen molar-refractivity contribution in [1.29, 1.82) is 0 Å². The van der Waals surface area contributed by atoms with Gasteiger partial charge in [0.25, 0.3) is 5.91 Å². The molecule has 3 saturated heterocycles. The molecule has 2 aromatic carbocycles. The smallest absolute Gasteiger partial charge is 0.253 e. The van der Waals surface area contributed by atoms with E-state index in [9.17, 15) is 14.7 Å². The number of likely N-dealkylation sites (tertiary alicyclic amines) is 1. The zero-order valence-corrected chi connectivity index (χ0v) is 28.6. The Balaban J connectivity index is 1.63. The highest BCUT2D eigenvalue weighted by atomic mass is 16.5. The summed E-state index contributed by atoms with van der Waals surface area (Å²) >= 11 is 0. The Bertz CT molecular complexity index is 1520. The molecule has 0 radical (unpaired) electrons. The number of hydrogen-bond acceptors (Lipinski definition) is 6. The Morgan fingerprint density at radius 2 is 1.66 bits per heavy atom. The van der Waals surface area contributed by atoms with Crippen molar-refractivity contribution in [3.63, 3.8) is 0 Å². The highest BCUT2D eigenvalue weighted by Gasteiger charge is 2.79. The zero-order valence-electron chi connectivity index (χ0n) is 28.6. The number of aliphatic hydroxyl groups is 1. The molecule has 9 nitrogen and oxygen atoms in total. The van der Waals surface area contributed by atoms with E-state index in [4.69, 9.17) is 9.47 Å². The minimum absolute atomic E-state index is 0.161. The molecule has 3 heterocycles. The van der Waals surface area contributed by atoms with Gasteiger partial charge >= 0.3 is 0 Å². The van der Waals surface area contributed by atoms with Gasteiger partial charge in [0.15, 0.2) is 0 Å². The van der Waals surface area contributed by atoms with Gasteiger partial charge in [-0.3, -0.25) is 14.4 Å². The molecule has 2 aromatic rings. The summed E-state index contributed by atoms with van der Waals surface area (Å²) in [5, 5.41) is 10.7. The van der Waals surface area contributed by atoms with Gasteiger partial charge < -0.3 is 29.3 Å². The number of carbonyl (C=O) groups is 3. The molecule has 0 saturated carbocycles. The van der Waals surface area contributed by atoms with Crippen LogP contribution in [-0.2, 0) is 19.1 Å². The van der Waals surface area contributed by atoms with Gasteiger partial charge in [-0.1, -0.05) is 44.2 Å². The van der Waals surface area contributed by atoms with E-state index in [0.29, 0.717) is 30.9 Å². The predicted molar refractivity (Wildman–Crippen MR) is 183 cm³/mol. The molecule has 9 heteroatoms. The van der Waals surface area contributed by atoms with E-state index in [2.05, 4.69) is 13.2 Å². The van der Waals surface area contributed by atoms with Crippen LogP contribution in [0.2, 0.25) is 0 Å². The van der Waals surface area contributed by atoms with Crippen LogP contribution in [-0.4, -0.2) is 77.3 Å². The third kappa shape index (κ3) is 5.57. The summed E-state index contributed by atoms with van der Waals surface area (Å²) in [4.78, 5) is 49.6. The normalized spacial score (nSPS) is 26.7. The van der Waals surface area contributed by atoms with E-state index in [1.807, 2.05) is 84.0 Å². The van der Waals surface area contributed by atoms with Crippen molar-refractivity contribution in [3.8, 4) is 5.75 Å². The number of aryl methyl sites for hydroxylation is 2. The fourth-order valence-electron chi connectivity index (χ4n) is 8.30. The average Bonchev–Trinajstić information content (AvgIpc) is 3.60. The highest BCUT2D eigenvalue weighted by Crippen LogP contribution is 2.64. The van der Waals surface area contributed by atoms with Gasteiger partial charge in [0.05, 0.1) is 36.7 Å². The molecule has 47 heavy (non-hydrogen) atoms. The maximum atomic E-state index is 15.1. The first kappa shape index (κ1) is 34.4. The highest BCUT2D eigenvalue weighted by molar-refractivity contribution is 6.07. The number of carbonyl (C=O) groups excluding carboxylic acids is 3. The molecule has 3 aliphatic rings. The number of nitrogens with zero attached hydrogens (tertiary/aromatic N) is 3. The van der Waals surface area contributed by atoms with Gasteiger partial charge in [-0.2, -0.15) is 0 Å². The van der Waals surface area contributed by atoms with Gasteiger partial charge in [0.2, 0.25) is 11.8 Å². The first-order valence-electron chi connectivity index (χ1n) is 16.7. The van der Waals surface area contributed by atoms with Crippen molar-refractivity contribution in [3.05, 3.63) is 78.9 Å². The van der Waals surface area contributed by atoms with Gasteiger partial charge in [0.1, 0.15) is 17.4 Å². The third-order valence-electron chi connectivity index (χ3n) is 10.4. The average molecular weight is 644 g/mol. The summed E-state index contributed by atoms with van der Waals surface area (Å²) in [6, 6.07) is 11.4. The molecular formula is C38H49N3O6. The summed E-state index contributed by atoms with van der Waals surface area (Å²) in [7, 11) is 0. The number of amides is 3. The van der Waals surface area contributed by atoms with Crippen molar-refractivity contribution in [2.45, 2.75) is 77.7 Å². The SMILES string of the molecule is C=CCN(C(=O)[C@H]1[C@H]2C(=O)N([C@@H](CO)C(C)C)C(C(=O)N(CC=C)c3c(C)cccc3C)C23CC[C@]1(C)O3)c1ccc(OCC)cc1. The minimum atomic E-state index is -1.25. The fraction of sp³-hybridized carbons (Fsp3) is 0.500. The lowest BCUT2D eigenvalue weighted by Crippen LogP contribution is -2.60. The summed E-state index contributed by atoms with van der Waals surface area (Å²) in [6.45, 7) is 20.0. The number of anilines is 2. The summed E-state index contributed by atoms with van der Waals surface area (Å²) in [5.74, 6) is -2.12. The van der Waals surface area contributed by atoms with Crippen LogP contribution >= 0.6 is 0 Å². The van der Waals surface area contributed by atoms with Crippen LogP contribution in [0, 0.1) is 31.6 Å². The third-order valence-corrected chi connectivity index (χ3v) is 10.4. The fourth-order valence-corrected chi connectivity index (χ4v) is 8.30. The van der Waals surface area contributed by atoms with E-state index in [-0.39, 0.29) is 43.3 Å². The van der Waals surface area contributed by atoms with E-state index in [0.717, 1.165) is 16.8 Å². The molecule has 1 spiro atoms. The molecule has 2 unspecified atom stereocenters. The lowest BCUT2D eigenvalue weighted by atomic mass is 9.66. The van der Waals surface area contributed by atoms with Crippen molar-refractivity contribution < 1.29 is 29.0 Å². The Hall–Kier alpha value is -3.95. The molecule has 0 aliphatic carbocycles. The van der Waals surface area contributed by atoms with E-state index in [1.165, 1.54) is 0 Å². The number of fused-ring (bicyclic) bond motifs is 1. The number of hydrogen-bond donors (Lipinski definition) is 1. The molecule has 2 bridgehead atoms. The maximum absolute atomic E-state index is 15.1. The van der Waals surface area contributed by atoms with Crippen LogP contribution < -0.4 is 14.5 Å². The Labute approximate surface area is 278 Å². The second-order valence-corrected chi connectivity index (χ2v) is 13.6. The van der Waals surface area contributed by atoms with E-state index < -0.39 is 35.1 Å². The van der Waals surface area contributed by atoms with Crippen LogP contribution in [0.5, 0.6) is 5.75 Å². The second kappa shape index (κ2) is 13.3. The topological polar surface area (TPSA) is 99.6 Å². The van der Waals surface area contributed by atoms with Crippen LogP contribution in [0.25, 0.3) is 0 Å². The van der Waals surface area contributed by atoms with Gasteiger partial charge in [0, 0.05) is 24.5 Å². The minimum Gasteiger partial charge on any atom is -0.494 e. The van der Waals surface area contributed by atoms with Gasteiger partial charge in [-0.15, -0.1) is 13.2 Å². The van der Waals surface area contributed by atoms with Crippen molar-refractivity contribution in [2.24, 2.45) is 17.8 Å². The van der Waals surface area contributed by atoms with Crippen molar-refractivity contribution >= 4 is 29.1 Å². The lowest BCUT2D eigenvalue weighted by molar-refractivity contribution is -0.149. The Morgan fingerprint density at radius 1 is 1.04 bits per heavy atom. The molecular weight excluding hydrogens is 594 g/mol.